The Morgan fingerprint density at radius 3 is 2.76 bits per heavy atom. The molecule has 0 amide bonds. The fraction of sp³-hybridized carbons (Fsp3) is 0.500. The van der Waals surface area contributed by atoms with Crippen LogP contribution in [0, 0.1) is 0 Å². The molecule has 1 aliphatic heterocycles. The van der Waals surface area contributed by atoms with Crippen LogP contribution in [-0.4, -0.2) is 31.1 Å². The summed E-state index contributed by atoms with van der Waals surface area (Å²) in [6.07, 6.45) is 2.66. The fourth-order valence-corrected chi connectivity index (χ4v) is 2.00. The third-order valence-corrected chi connectivity index (χ3v) is 2.74. The highest BCUT2D eigenvalue weighted by Crippen LogP contribution is 2.19. The number of likely N-dealkylation sites (N-methyl/N-ethyl adjacent to an activating group) is 1. The van der Waals surface area contributed by atoms with Gasteiger partial charge < -0.3 is 15.4 Å². The average Bonchev–Trinajstić information content (AvgIpc) is 2.17. The zero-order chi connectivity index (χ0) is 10.7. The van der Waals surface area contributed by atoms with E-state index in [-0.39, 0.29) is 24.8 Å². The molecule has 0 saturated carbocycles. The molecule has 1 aromatic carbocycles. The highest BCUT2D eigenvalue weighted by atomic mass is 35.5. The normalized spacial score (nSPS) is 19.9. The van der Waals surface area contributed by atoms with Crippen molar-refractivity contribution in [3.8, 4) is 5.75 Å². The molecule has 1 fully saturated rings. The number of likely N-dealkylation sites (tertiary alicyclic amines) is 1. The molecule has 5 heteroatoms. The Morgan fingerprint density at radius 1 is 1.35 bits per heavy atom. The number of nitrogens with zero attached hydrogens (tertiary/aromatic N) is 1. The number of ether oxygens (including phenoxy) is 1. The molecule has 1 aliphatic rings. The highest BCUT2D eigenvalue weighted by molar-refractivity contribution is 5.85. The van der Waals surface area contributed by atoms with Gasteiger partial charge in [-0.15, -0.1) is 24.8 Å². The van der Waals surface area contributed by atoms with Crippen LogP contribution in [0.5, 0.6) is 5.75 Å². The number of benzene rings is 1. The maximum absolute atomic E-state index is 5.88. The van der Waals surface area contributed by atoms with Gasteiger partial charge >= 0.3 is 0 Å². The van der Waals surface area contributed by atoms with E-state index in [9.17, 15) is 0 Å². The van der Waals surface area contributed by atoms with E-state index in [1.807, 2.05) is 24.3 Å². The highest BCUT2D eigenvalue weighted by Gasteiger charge is 2.18. The molecule has 1 unspecified atom stereocenters. The summed E-state index contributed by atoms with van der Waals surface area (Å²) in [6.45, 7) is 2.19. The molecule has 1 atom stereocenters. The van der Waals surface area contributed by atoms with E-state index in [0.717, 1.165) is 24.4 Å². The van der Waals surface area contributed by atoms with E-state index in [2.05, 4.69) is 11.9 Å². The van der Waals surface area contributed by atoms with Crippen molar-refractivity contribution in [1.82, 2.24) is 4.90 Å². The predicted molar refractivity (Wildman–Crippen MR) is 76.5 cm³/mol. The van der Waals surface area contributed by atoms with Gasteiger partial charge in [0.05, 0.1) is 0 Å². The molecule has 2 N–H and O–H groups in total. The number of nitrogens with two attached hydrogens (primary N) is 1. The maximum Gasteiger partial charge on any atom is 0.121 e. The van der Waals surface area contributed by atoms with Gasteiger partial charge in [-0.1, -0.05) is 6.07 Å². The van der Waals surface area contributed by atoms with Gasteiger partial charge in [-0.2, -0.15) is 0 Å². The molecular formula is C12H20Cl2N2O. The third kappa shape index (κ3) is 5.02. The van der Waals surface area contributed by atoms with E-state index in [0.29, 0.717) is 6.10 Å². The van der Waals surface area contributed by atoms with E-state index < -0.39 is 0 Å². The molecular weight excluding hydrogens is 259 g/mol. The van der Waals surface area contributed by atoms with Crippen molar-refractivity contribution in [1.29, 1.82) is 0 Å². The predicted octanol–water partition coefficient (Wildman–Crippen LogP) is 2.59. The summed E-state index contributed by atoms with van der Waals surface area (Å²) < 4.78 is 5.88. The number of hydrogen-bond acceptors (Lipinski definition) is 3. The smallest absolute Gasteiger partial charge is 0.121 e. The Hall–Kier alpha value is -0.640. The number of hydrogen-bond donors (Lipinski definition) is 1. The second-order valence-electron chi connectivity index (χ2n) is 4.22. The van der Waals surface area contributed by atoms with Crippen LogP contribution in [0.1, 0.15) is 12.8 Å². The van der Waals surface area contributed by atoms with Gasteiger partial charge in [-0.3, -0.25) is 0 Å². The van der Waals surface area contributed by atoms with Crippen LogP contribution in [0.4, 0.5) is 5.69 Å². The molecule has 1 heterocycles. The number of halogens is 2. The Morgan fingerprint density at radius 2 is 2.12 bits per heavy atom. The Balaban J connectivity index is 0.00000128. The number of anilines is 1. The van der Waals surface area contributed by atoms with Crippen LogP contribution in [0.3, 0.4) is 0 Å². The average molecular weight is 279 g/mol. The molecule has 0 spiro atoms. The zero-order valence-corrected chi connectivity index (χ0v) is 11.6. The Kier molecular flexibility index (Phi) is 7.35. The first-order chi connectivity index (χ1) is 7.24. The molecule has 0 aromatic heterocycles. The number of piperidine rings is 1. The quantitative estimate of drug-likeness (QED) is 0.846. The minimum absolute atomic E-state index is 0. The number of rotatable bonds is 2. The van der Waals surface area contributed by atoms with Crippen molar-refractivity contribution in [2.24, 2.45) is 0 Å². The maximum atomic E-state index is 5.88. The molecule has 17 heavy (non-hydrogen) atoms. The van der Waals surface area contributed by atoms with Gasteiger partial charge in [0, 0.05) is 18.3 Å². The van der Waals surface area contributed by atoms with Gasteiger partial charge in [0.15, 0.2) is 0 Å². The van der Waals surface area contributed by atoms with E-state index >= 15 is 0 Å². The molecule has 0 aliphatic carbocycles. The van der Waals surface area contributed by atoms with Gasteiger partial charge in [-0.25, -0.2) is 0 Å². The molecule has 1 aromatic rings. The molecule has 2 rings (SSSR count). The largest absolute Gasteiger partial charge is 0.489 e. The summed E-state index contributed by atoms with van der Waals surface area (Å²) in [5.74, 6) is 0.885. The molecule has 3 nitrogen and oxygen atoms in total. The van der Waals surface area contributed by atoms with Gasteiger partial charge in [-0.05, 0) is 38.6 Å². The van der Waals surface area contributed by atoms with Crippen molar-refractivity contribution in [3.63, 3.8) is 0 Å². The second-order valence-corrected chi connectivity index (χ2v) is 4.22. The van der Waals surface area contributed by atoms with Gasteiger partial charge in [0.1, 0.15) is 11.9 Å². The van der Waals surface area contributed by atoms with Gasteiger partial charge in [0.2, 0.25) is 0 Å². The van der Waals surface area contributed by atoms with E-state index in [1.54, 1.807) is 0 Å². The number of nitrogen functional groups attached to an aromatic ring is 1. The summed E-state index contributed by atoms with van der Waals surface area (Å²) >= 11 is 0. The van der Waals surface area contributed by atoms with Crippen molar-refractivity contribution in [2.75, 3.05) is 25.9 Å². The Bertz CT molecular complexity index is 336. The summed E-state index contributed by atoms with van der Waals surface area (Å²) in [5.41, 5.74) is 6.46. The third-order valence-electron chi connectivity index (χ3n) is 2.74. The van der Waals surface area contributed by atoms with Crippen LogP contribution in [0.15, 0.2) is 24.3 Å². The second kappa shape index (κ2) is 7.64. The summed E-state index contributed by atoms with van der Waals surface area (Å²) in [4.78, 5) is 2.31. The first kappa shape index (κ1) is 16.4. The fourth-order valence-electron chi connectivity index (χ4n) is 2.00. The first-order valence-corrected chi connectivity index (χ1v) is 5.45. The van der Waals surface area contributed by atoms with Crippen molar-refractivity contribution < 1.29 is 4.74 Å². The van der Waals surface area contributed by atoms with Crippen LogP contribution in [0.25, 0.3) is 0 Å². The summed E-state index contributed by atoms with van der Waals surface area (Å²) in [5, 5.41) is 0. The van der Waals surface area contributed by atoms with E-state index in [4.69, 9.17) is 10.5 Å². The van der Waals surface area contributed by atoms with Crippen LogP contribution >= 0.6 is 24.8 Å². The van der Waals surface area contributed by atoms with Crippen LogP contribution in [-0.2, 0) is 0 Å². The summed E-state index contributed by atoms with van der Waals surface area (Å²) in [6, 6.07) is 7.65. The lowest BCUT2D eigenvalue weighted by Crippen LogP contribution is -2.38. The molecule has 1 saturated heterocycles. The van der Waals surface area contributed by atoms with Crippen LogP contribution in [0.2, 0.25) is 0 Å². The van der Waals surface area contributed by atoms with Gasteiger partial charge in [0.25, 0.3) is 0 Å². The summed E-state index contributed by atoms with van der Waals surface area (Å²) in [7, 11) is 2.13. The minimum atomic E-state index is 0. The van der Waals surface area contributed by atoms with E-state index in [1.165, 1.54) is 13.0 Å². The monoisotopic (exact) mass is 278 g/mol. The standard InChI is InChI=1S/C12H18N2O.2ClH/c1-14-7-3-6-12(9-14)15-11-5-2-4-10(13)8-11;;/h2,4-5,8,12H,3,6-7,9,13H2,1H3;2*1H. The van der Waals surface area contributed by atoms with Crippen molar-refractivity contribution in [2.45, 2.75) is 18.9 Å². The lowest BCUT2D eigenvalue weighted by atomic mass is 10.1. The Labute approximate surface area is 115 Å². The van der Waals surface area contributed by atoms with Crippen molar-refractivity contribution >= 4 is 30.5 Å². The zero-order valence-electron chi connectivity index (χ0n) is 9.96. The minimum Gasteiger partial charge on any atom is -0.489 e. The lowest BCUT2D eigenvalue weighted by Gasteiger charge is -2.30. The molecule has 0 bridgehead atoms. The molecule has 0 radical (unpaired) electrons. The van der Waals surface area contributed by atoms with Crippen molar-refractivity contribution in [3.05, 3.63) is 24.3 Å². The molecule has 98 valence electrons. The van der Waals surface area contributed by atoms with Crippen LogP contribution < -0.4 is 10.5 Å². The first-order valence-electron chi connectivity index (χ1n) is 5.45. The lowest BCUT2D eigenvalue weighted by molar-refractivity contribution is 0.104. The topological polar surface area (TPSA) is 38.5 Å². The SMILES string of the molecule is CN1CCCC(Oc2cccc(N)c2)C1.Cl.Cl.